The van der Waals surface area contributed by atoms with Crippen molar-refractivity contribution in [3.05, 3.63) is 30.1 Å². The van der Waals surface area contributed by atoms with Gasteiger partial charge in [-0.2, -0.15) is 0 Å². The van der Waals surface area contributed by atoms with E-state index in [0.717, 1.165) is 19.7 Å². The fourth-order valence-electron chi connectivity index (χ4n) is 2.83. The second-order valence-corrected chi connectivity index (χ2v) is 4.89. The summed E-state index contributed by atoms with van der Waals surface area (Å²) in [5.74, 6) is 0. The van der Waals surface area contributed by atoms with Crippen LogP contribution in [-0.2, 0) is 10.2 Å². The molecule has 94 valence electrons. The zero-order valence-electron chi connectivity index (χ0n) is 10.6. The minimum Gasteiger partial charge on any atom is -0.383 e. The van der Waals surface area contributed by atoms with Gasteiger partial charge >= 0.3 is 0 Å². The normalized spacial score (nSPS) is 18.4. The van der Waals surface area contributed by atoms with Crippen LogP contribution in [0.25, 0.3) is 0 Å². The third-order valence-electron chi connectivity index (χ3n) is 3.80. The van der Waals surface area contributed by atoms with Gasteiger partial charge in [-0.25, -0.2) is 0 Å². The van der Waals surface area contributed by atoms with E-state index < -0.39 is 0 Å². The van der Waals surface area contributed by atoms with Gasteiger partial charge in [0.05, 0.1) is 6.61 Å². The molecular weight excluding hydrogens is 212 g/mol. The van der Waals surface area contributed by atoms with Crippen LogP contribution in [0.5, 0.6) is 0 Å². The average Bonchev–Trinajstić information content (AvgIpc) is 2.86. The maximum Gasteiger partial charge on any atom is 0.0587 e. The fourth-order valence-corrected chi connectivity index (χ4v) is 2.83. The number of rotatable bonds is 6. The number of pyridine rings is 1. The number of aromatic nitrogens is 1. The maximum atomic E-state index is 5.07. The molecule has 3 heteroatoms. The van der Waals surface area contributed by atoms with Crippen LogP contribution in [0, 0.1) is 0 Å². The van der Waals surface area contributed by atoms with Gasteiger partial charge in [0.2, 0.25) is 0 Å². The van der Waals surface area contributed by atoms with E-state index in [1.807, 2.05) is 12.4 Å². The molecule has 1 heterocycles. The topological polar surface area (TPSA) is 34.1 Å². The zero-order chi connectivity index (χ0) is 12.0. The van der Waals surface area contributed by atoms with Crippen molar-refractivity contribution in [3.63, 3.8) is 0 Å². The molecule has 0 aromatic carbocycles. The van der Waals surface area contributed by atoms with Crippen LogP contribution in [0.4, 0.5) is 0 Å². The summed E-state index contributed by atoms with van der Waals surface area (Å²) in [6.07, 6.45) is 9.08. The lowest BCUT2D eigenvalue weighted by Crippen LogP contribution is -2.37. The van der Waals surface area contributed by atoms with E-state index in [4.69, 9.17) is 4.74 Å². The van der Waals surface area contributed by atoms with Crippen molar-refractivity contribution in [2.75, 3.05) is 26.8 Å². The number of hydrogen-bond donors (Lipinski definition) is 1. The van der Waals surface area contributed by atoms with Gasteiger partial charge in [0.1, 0.15) is 0 Å². The Morgan fingerprint density at radius 3 is 2.65 bits per heavy atom. The van der Waals surface area contributed by atoms with Gasteiger partial charge < -0.3 is 10.1 Å². The molecule has 0 bridgehead atoms. The standard InChI is InChI=1S/C14H22N2O/c1-17-11-10-16-12-14(6-2-3-7-14)13-4-8-15-9-5-13/h4-5,8-9,16H,2-3,6-7,10-12H2,1H3. The first kappa shape index (κ1) is 12.5. The first-order valence-electron chi connectivity index (χ1n) is 6.48. The largest absolute Gasteiger partial charge is 0.383 e. The minimum atomic E-state index is 0.330. The highest BCUT2D eigenvalue weighted by atomic mass is 16.5. The molecule has 0 spiro atoms. The first-order chi connectivity index (χ1) is 8.37. The Morgan fingerprint density at radius 2 is 2.00 bits per heavy atom. The Bertz CT molecular complexity index is 320. The van der Waals surface area contributed by atoms with Crippen molar-refractivity contribution in [1.29, 1.82) is 0 Å². The van der Waals surface area contributed by atoms with E-state index in [0.29, 0.717) is 5.41 Å². The van der Waals surface area contributed by atoms with Crippen LogP contribution in [0.2, 0.25) is 0 Å². The van der Waals surface area contributed by atoms with E-state index in [2.05, 4.69) is 22.4 Å². The van der Waals surface area contributed by atoms with Crippen LogP contribution < -0.4 is 5.32 Å². The molecule has 2 rings (SSSR count). The van der Waals surface area contributed by atoms with Crippen molar-refractivity contribution in [2.45, 2.75) is 31.1 Å². The predicted octanol–water partition coefficient (Wildman–Crippen LogP) is 2.13. The van der Waals surface area contributed by atoms with Crippen LogP contribution >= 0.6 is 0 Å². The summed E-state index contributed by atoms with van der Waals surface area (Å²) in [5, 5.41) is 3.52. The summed E-state index contributed by atoms with van der Waals surface area (Å²) < 4.78 is 5.07. The summed E-state index contributed by atoms with van der Waals surface area (Å²) >= 11 is 0. The van der Waals surface area contributed by atoms with E-state index >= 15 is 0 Å². The van der Waals surface area contributed by atoms with Gasteiger partial charge in [-0.3, -0.25) is 4.98 Å². The zero-order valence-corrected chi connectivity index (χ0v) is 10.6. The summed E-state index contributed by atoms with van der Waals surface area (Å²) in [7, 11) is 1.75. The molecular formula is C14H22N2O. The quantitative estimate of drug-likeness (QED) is 0.766. The smallest absolute Gasteiger partial charge is 0.0587 e. The third kappa shape index (κ3) is 3.05. The molecule has 0 amide bonds. The van der Waals surface area contributed by atoms with Crippen molar-refractivity contribution in [2.24, 2.45) is 0 Å². The Labute approximate surface area is 104 Å². The van der Waals surface area contributed by atoms with Gasteiger partial charge in [0, 0.05) is 38.0 Å². The fraction of sp³-hybridized carbons (Fsp3) is 0.643. The van der Waals surface area contributed by atoms with Crippen LogP contribution in [-0.4, -0.2) is 31.8 Å². The van der Waals surface area contributed by atoms with Gasteiger partial charge in [0.15, 0.2) is 0 Å². The van der Waals surface area contributed by atoms with Crippen molar-refractivity contribution in [3.8, 4) is 0 Å². The Morgan fingerprint density at radius 1 is 1.29 bits per heavy atom. The molecule has 1 saturated carbocycles. The molecule has 1 aromatic heterocycles. The summed E-state index contributed by atoms with van der Waals surface area (Å²) in [6.45, 7) is 2.77. The second-order valence-electron chi connectivity index (χ2n) is 4.89. The third-order valence-corrected chi connectivity index (χ3v) is 3.80. The van der Waals surface area contributed by atoms with E-state index in [-0.39, 0.29) is 0 Å². The van der Waals surface area contributed by atoms with E-state index in [9.17, 15) is 0 Å². The average molecular weight is 234 g/mol. The number of nitrogens with zero attached hydrogens (tertiary/aromatic N) is 1. The minimum absolute atomic E-state index is 0.330. The van der Waals surface area contributed by atoms with E-state index in [1.54, 1.807) is 7.11 Å². The van der Waals surface area contributed by atoms with Crippen molar-refractivity contribution >= 4 is 0 Å². The van der Waals surface area contributed by atoms with Crippen LogP contribution in [0.15, 0.2) is 24.5 Å². The van der Waals surface area contributed by atoms with Gasteiger partial charge in [-0.15, -0.1) is 0 Å². The molecule has 0 unspecified atom stereocenters. The highest BCUT2D eigenvalue weighted by Gasteiger charge is 2.34. The Balaban J connectivity index is 2.00. The molecule has 0 aliphatic heterocycles. The number of methoxy groups -OCH3 is 1. The second kappa shape index (κ2) is 6.12. The Hall–Kier alpha value is -0.930. The Kier molecular flexibility index (Phi) is 4.51. The maximum absolute atomic E-state index is 5.07. The lowest BCUT2D eigenvalue weighted by Gasteiger charge is -2.30. The van der Waals surface area contributed by atoms with Gasteiger partial charge in [0.25, 0.3) is 0 Å². The summed E-state index contributed by atoms with van der Waals surface area (Å²) in [6, 6.07) is 4.34. The summed E-state index contributed by atoms with van der Waals surface area (Å²) in [5.41, 5.74) is 1.77. The monoisotopic (exact) mass is 234 g/mol. The predicted molar refractivity (Wildman–Crippen MR) is 69.1 cm³/mol. The number of ether oxygens (including phenoxy) is 1. The van der Waals surface area contributed by atoms with Gasteiger partial charge in [-0.1, -0.05) is 12.8 Å². The van der Waals surface area contributed by atoms with Gasteiger partial charge in [-0.05, 0) is 30.5 Å². The molecule has 1 aromatic rings. The molecule has 1 aliphatic rings. The van der Waals surface area contributed by atoms with Crippen molar-refractivity contribution < 1.29 is 4.74 Å². The highest BCUT2D eigenvalue weighted by Crippen LogP contribution is 2.40. The van der Waals surface area contributed by atoms with Crippen LogP contribution in [0.1, 0.15) is 31.2 Å². The number of nitrogens with one attached hydrogen (secondary N) is 1. The molecule has 1 N–H and O–H groups in total. The van der Waals surface area contributed by atoms with E-state index in [1.165, 1.54) is 31.2 Å². The molecule has 0 atom stereocenters. The molecule has 1 fully saturated rings. The molecule has 17 heavy (non-hydrogen) atoms. The molecule has 3 nitrogen and oxygen atoms in total. The first-order valence-corrected chi connectivity index (χ1v) is 6.48. The molecule has 1 aliphatic carbocycles. The molecule has 0 radical (unpaired) electrons. The number of hydrogen-bond acceptors (Lipinski definition) is 3. The lowest BCUT2D eigenvalue weighted by molar-refractivity contribution is 0.196. The molecule has 0 saturated heterocycles. The SMILES string of the molecule is COCCNCC1(c2ccncc2)CCCC1. The summed E-state index contributed by atoms with van der Waals surface area (Å²) in [4.78, 5) is 4.12. The lowest BCUT2D eigenvalue weighted by atomic mass is 9.79. The van der Waals surface area contributed by atoms with Crippen molar-refractivity contribution in [1.82, 2.24) is 10.3 Å². The highest BCUT2D eigenvalue weighted by molar-refractivity contribution is 5.24. The van der Waals surface area contributed by atoms with Crippen LogP contribution in [0.3, 0.4) is 0 Å².